The zero-order chi connectivity index (χ0) is 8.10. The predicted molar refractivity (Wildman–Crippen MR) is 47.6 cm³/mol. The van der Waals surface area contributed by atoms with Gasteiger partial charge in [0.05, 0.1) is 0 Å². The van der Waals surface area contributed by atoms with Gasteiger partial charge in [-0.1, -0.05) is 0 Å². The van der Waals surface area contributed by atoms with Crippen molar-refractivity contribution in [1.29, 1.82) is 0 Å². The van der Waals surface area contributed by atoms with Crippen LogP contribution < -0.4 is 11.1 Å². The second-order valence-electron chi connectivity index (χ2n) is 3.31. The van der Waals surface area contributed by atoms with Gasteiger partial charge in [-0.25, -0.2) is 0 Å². The molecule has 11 heavy (non-hydrogen) atoms. The van der Waals surface area contributed by atoms with Crippen LogP contribution in [0.15, 0.2) is 0 Å². The molecule has 0 aliphatic carbocycles. The molecule has 66 valence electrons. The Kier molecular flexibility index (Phi) is 3.83. The highest BCUT2D eigenvalue weighted by atomic mass is 15.2. The number of hydrogen-bond donors (Lipinski definition) is 2. The van der Waals surface area contributed by atoms with Crippen molar-refractivity contribution in [1.82, 2.24) is 10.2 Å². The molecule has 0 saturated carbocycles. The molecule has 1 atom stereocenters. The molecule has 0 aromatic heterocycles. The summed E-state index contributed by atoms with van der Waals surface area (Å²) in [6.07, 6.45) is 2.47. The monoisotopic (exact) mass is 157 g/mol. The summed E-state index contributed by atoms with van der Waals surface area (Å²) in [5, 5.41) is 3.15. The normalized spacial score (nSPS) is 27.3. The van der Waals surface area contributed by atoms with Gasteiger partial charge in [0, 0.05) is 25.7 Å². The molecule has 1 saturated heterocycles. The molecule has 0 aromatic carbocycles. The Hall–Kier alpha value is -0.120. The van der Waals surface area contributed by atoms with Crippen molar-refractivity contribution in [3.8, 4) is 0 Å². The topological polar surface area (TPSA) is 41.3 Å². The van der Waals surface area contributed by atoms with E-state index in [4.69, 9.17) is 5.73 Å². The molecular formula is C8H19N3. The molecule has 0 radical (unpaired) electrons. The largest absolute Gasteiger partial charge is 0.327 e. The van der Waals surface area contributed by atoms with Gasteiger partial charge < -0.3 is 16.0 Å². The number of rotatable bonds is 3. The van der Waals surface area contributed by atoms with E-state index in [0.29, 0.717) is 6.04 Å². The fourth-order valence-electron chi connectivity index (χ4n) is 1.56. The summed E-state index contributed by atoms with van der Waals surface area (Å²) in [6.45, 7) is 4.54. The summed E-state index contributed by atoms with van der Waals surface area (Å²) in [7, 11) is 1.99. The van der Waals surface area contributed by atoms with E-state index in [1.54, 1.807) is 0 Å². The standard InChI is InChI=1S/C8H19N3/c1-10-4-6-11-5-2-3-8(9)7-11/h8,10H,2-7,9H2,1H3/t8-/m0/s1. The van der Waals surface area contributed by atoms with E-state index in [0.717, 1.165) is 19.6 Å². The zero-order valence-electron chi connectivity index (χ0n) is 7.34. The summed E-state index contributed by atoms with van der Waals surface area (Å²) < 4.78 is 0. The first-order valence-corrected chi connectivity index (χ1v) is 4.45. The molecule has 0 aromatic rings. The van der Waals surface area contributed by atoms with E-state index >= 15 is 0 Å². The van der Waals surface area contributed by atoms with Crippen molar-refractivity contribution in [3.05, 3.63) is 0 Å². The van der Waals surface area contributed by atoms with Crippen LogP contribution in [0.3, 0.4) is 0 Å². The fraction of sp³-hybridized carbons (Fsp3) is 1.00. The molecule has 1 aliphatic heterocycles. The second kappa shape index (κ2) is 4.70. The summed E-state index contributed by atoms with van der Waals surface area (Å²) in [5.41, 5.74) is 5.83. The minimum absolute atomic E-state index is 0.417. The second-order valence-corrected chi connectivity index (χ2v) is 3.31. The minimum atomic E-state index is 0.417. The summed E-state index contributed by atoms with van der Waals surface area (Å²) in [5.74, 6) is 0. The highest BCUT2D eigenvalue weighted by Gasteiger charge is 2.14. The van der Waals surface area contributed by atoms with Gasteiger partial charge in [-0.15, -0.1) is 0 Å². The number of likely N-dealkylation sites (N-methyl/N-ethyl adjacent to an activating group) is 1. The first kappa shape index (κ1) is 8.97. The number of nitrogens with two attached hydrogens (primary N) is 1. The molecule has 1 fully saturated rings. The maximum absolute atomic E-state index is 5.83. The molecular weight excluding hydrogens is 138 g/mol. The van der Waals surface area contributed by atoms with Crippen LogP contribution in [-0.2, 0) is 0 Å². The van der Waals surface area contributed by atoms with Gasteiger partial charge in [-0.2, -0.15) is 0 Å². The lowest BCUT2D eigenvalue weighted by Crippen LogP contribution is -2.44. The summed E-state index contributed by atoms with van der Waals surface area (Å²) >= 11 is 0. The number of nitrogens with zero attached hydrogens (tertiary/aromatic N) is 1. The van der Waals surface area contributed by atoms with Gasteiger partial charge in [0.1, 0.15) is 0 Å². The van der Waals surface area contributed by atoms with Crippen molar-refractivity contribution >= 4 is 0 Å². The van der Waals surface area contributed by atoms with Gasteiger partial charge >= 0.3 is 0 Å². The van der Waals surface area contributed by atoms with E-state index in [2.05, 4.69) is 10.2 Å². The molecule has 0 amide bonds. The Bertz CT molecular complexity index is 106. The Morgan fingerprint density at radius 3 is 3.09 bits per heavy atom. The third-order valence-electron chi connectivity index (χ3n) is 2.22. The molecule has 0 spiro atoms. The molecule has 3 heteroatoms. The highest BCUT2D eigenvalue weighted by Crippen LogP contribution is 2.06. The van der Waals surface area contributed by atoms with E-state index < -0.39 is 0 Å². The van der Waals surface area contributed by atoms with Crippen LogP contribution in [0.4, 0.5) is 0 Å². The Morgan fingerprint density at radius 2 is 2.45 bits per heavy atom. The lowest BCUT2D eigenvalue weighted by molar-refractivity contribution is 0.211. The molecule has 1 heterocycles. The zero-order valence-corrected chi connectivity index (χ0v) is 7.34. The molecule has 1 rings (SSSR count). The van der Waals surface area contributed by atoms with Crippen LogP contribution in [0.2, 0.25) is 0 Å². The smallest absolute Gasteiger partial charge is 0.0168 e. The quantitative estimate of drug-likeness (QED) is 0.587. The number of nitrogens with one attached hydrogen (secondary N) is 1. The highest BCUT2D eigenvalue weighted by molar-refractivity contribution is 4.74. The van der Waals surface area contributed by atoms with E-state index in [1.807, 2.05) is 7.05 Å². The first-order chi connectivity index (χ1) is 5.33. The van der Waals surface area contributed by atoms with Crippen LogP contribution in [0.25, 0.3) is 0 Å². The molecule has 1 aliphatic rings. The van der Waals surface area contributed by atoms with E-state index in [1.165, 1.54) is 19.4 Å². The summed E-state index contributed by atoms with van der Waals surface area (Å²) in [4.78, 5) is 2.44. The Labute approximate surface area is 68.9 Å². The fourth-order valence-corrected chi connectivity index (χ4v) is 1.56. The van der Waals surface area contributed by atoms with Crippen molar-refractivity contribution in [2.75, 3.05) is 33.2 Å². The van der Waals surface area contributed by atoms with Gasteiger partial charge in [0.25, 0.3) is 0 Å². The Balaban J connectivity index is 2.12. The average molecular weight is 157 g/mol. The average Bonchev–Trinajstić information content (AvgIpc) is 2.01. The van der Waals surface area contributed by atoms with Gasteiger partial charge in [0.2, 0.25) is 0 Å². The number of hydrogen-bond acceptors (Lipinski definition) is 3. The first-order valence-electron chi connectivity index (χ1n) is 4.45. The SMILES string of the molecule is CNCCN1CCC[C@H](N)C1. The van der Waals surface area contributed by atoms with Crippen LogP contribution in [0, 0.1) is 0 Å². The lowest BCUT2D eigenvalue weighted by Gasteiger charge is -2.30. The van der Waals surface area contributed by atoms with Crippen LogP contribution in [-0.4, -0.2) is 44.2 Å². The number of likely N-dealkylation sites (tertiary alicyclic amines) is 1. The van der Waals surface area contributed by atoms with Crippen molar-refractivity contribution in [3.63, 3.8) is 0 Å². The lowest BCUT2D eigenvalue weighted by atomic mass is 10.1. The van der Waals surface area contributed by atoms with Crippen LogP contribution in [0.5, 0.6) is 0 Å². The Morgan fingerprint density at radius 1 is 1.64 bits per heavy atom. The van der Waals surface area contributed by atoms with Crippen molar-refractivity contribution in [2.24, 2.45) is 5.73 Å². The molecule has 3 nitrogen and oxygen atoms in total. The van der Waals surface area contributed by atoms with Crippen molar-refractivity contribution < 1.29 is 0 Å². The maximum atomic E-state index is 5.83. The van der Waals surface area contributed by atoms with E-state index in [-0.39, 0.29) is 0 Å². The van der Waals surface area contributed by atoms with Gasteiger partial charge in [0.15, 0.2) is 0 Å². The third kappa shape index (κ3) is 3.18. The minimum Gasteiger partial charge on any atom is -0.327 e. The predicted octanol–water partition coefficient (Wildman–Crippen LogP) is -0.371. The van der Waals surface area contributed by atoms with E-state index in [9.17, 15) is 0 Å². The molecule has 0 unspecified atom stereocenters. The van der Waals surface area contributed by atoms with Gasteiger partial charge in [-0.05, 0) is 26.4 Å². The third-order valence-corrected chi connectivity index (χ3v) is 2.22. The van der Waals surface area contributed by atoms with Gasteiger partial charge in [-0.3, -0.25) is 0 Å². The maximum Gasteiger partial charge on any atom is 0.0168 e. The molecule has 0 bridgehead atoms. The van der Waals surface area contributed by atoms with Crippen molar-refractivity contribution in [2.45, 2.75) is 18.9 Å². The van der Waals surface area contributed by atoms with Crippen LogP contribution >= 0.6 is 0 Å². The van der Waals surface area contributed by atoms with Crippen LogP contribution in [0.1, 0.15) is 12.8 Å². The summed E-state index contributed by atoms with van der Waals surface area (Å²) in [6, 6.07) is 0.417. The molecule has 3 N–H and O–H groups in total. The number of piperidine rings is 1.